The van der Waals surface area contributed by atoms with Gasteiger partial charge in [-0.15, -0.1) is 0 Å². The van der Waals surface area contributed by atoms with E-state index >= 15 is 0 Å². The molecule has 50 heavy (non-hydrogen) atoms. The van der Waals surface area contributed by atoms with Gasteiger partial charge in [0.1, 0.15) is 0 Å². The first kappa shape index (κ1) is 42.9. The highest BCUT2D eigenvalue weighted by Crippen LogP contribution is 2.29. The fraction of sp³-hybridized carbons (Fsp3) is 0.730. The van der Waals surface area contributed by atoms with E-state index in [1.165, 1.54) is 0 Å². The second-order valence-electron chi connectivity index (χ2n) is 14.4. The van der Waals surface area contributed by atoms with Crippen molar-refractivity contribution in [1.29, 1.82) is 0 Å². The minimum Gasteiger partial charge on any atom is -0.399 e. The molecule has 8 atom stereocenters. The Bertz CT molecular complexity index is 1220. The highest BCUT2D eigenvalue weighted by atomic mass is 16.5. The topological polar surface area (TPSA) is 173 Å². The second-order valence-corrected chi connectivity index (χ2v) is 14.4. The molecule has 0 radical (unpaired) electrons. The molecule has 0 saturated carbocycles. The van der Waals surface area contributed by atoms with Crippen LogP contribution in [0.25, 0.3) is 0 Å². The molecule has 1 heterocycles. The summed E-state index contributed by atoms with van der Waals surface area (Å²) in [6.07, 6.45) is 1.72. The zero-order valence-corrected chi connectivity index (χ0v) is 32.1. The minimum atomic E-state index is -0.589. The Kier molecular flexibility index (Phi) is 17.6. The third kappa shape index (κ3) is 11.6. The van der Waals surface area contributed by atoms with Crippen LogP contribution in [0.5, 0.6) is 0 Å². The summed E-state index contributed by atoms with van der Waals surface area (Å²) in [5, 5.41) is 5.89. The van der Waals surface area contributed by atoms with Crippen LogP contribution in [0.3, 0.4) is 0 Å². The Morgan fingerprint density at radius 3 is 2.16 bits per heavy atom. The smallest absolute Gasteiger partial charge is 0.242 e. The zero-order valence-electron chi connectivity index (χ0n) is 32.1. The summed E-state index contributed by atoms with van der Waals surface area (Å²) in [6, 6.07) is 6.14. The molecule has 0 spiro atoms. The highest BCUT2D eigenvalue weighted by molar-refractivity contribution is 5.87. The molecule has 2 unspecified atom stereocenters. The second kappa shape index (κ2) is 20.6. The number of carbonyl (C=O) groups is 4. The Morgan fingerprint density at radius 1 is 1.00 bits per heavy atom. The molecule has 0 bridgehead atoms. The molecule has 13 nitrogen and oxygen atoms in total. The molecule has 0 aliphatic carbocycles. The van der Waals surface area contributed by atoms with Gasteiger partial charge in [-0.25, -0.2) is 0 Å². The van der Waals surface area contributed by atoms with Crippen LogP contribution in [0.1, 0.15) is 65.9 Å². The Labute approximate surface area is 300 Å². The normalized spacial score (nSPS) is 19.0. The van der Waals surface area contributed by atoms with Crippen molar-refractivity contribution >= 4 is 29.3 Å². The molecular formula is C37H65N7O6. The highest BCUT2D eigenvalue weighted by Gasteiger charge is 2.42. The van der Waals surface area contributed by atoms with Crippen LogP contribution in [0, 0.1) is 17.8 Å². The van der Waals surface area contributed by atoms with Gasteiger partial charge in [-0.2, -0.15) is 0 Å². The van der Waals surface area contributed by atoms with Crippen LogP contribution < -0.4 is 22.1 Å². The predicted octanol–water partition coefficient (Wildman–Crippen LogP) is 1.88. The summed E-state index contributed by atoms with van der Waals surface area (Å²) in [4.78, 5) is 59.1. The number of anilines is 1. The van der Waals surface area contributed by atoms with Crippen molar-refractivity contribution in [3.05, 3.63) is 29.8 Å². The van der Waals surface area contributed by atoms with Gasteiger partial charge in [0.25, 0.3) is 0 Å². The Morgan fingerprint density at radius 2 is 1.64 bits per heavy atom. The van der Waals surface area contributed by atoms with E-state index in [0.29, 0.717) is 25.1 Å². The Hall–Kier alpha value is -3.26. The van der Waals surface area contributed by atoms with Crippen molar-refractivity contribution in [2.24, 2.45) is 23.5 Å². The quantitative estimate of drug-likeness (QED) is 0.148. The van der Waals surface area contributed by atoms with E-state index in [0.717, 1.165) is 18.4 Å². The lowest BCUT2D eigenvalue weighted by Crippen LogP contribution is -2.55. The van der Waals surface area contributed by atoms with Gasteiger partial charge in [0.2, 0.25) is 23.6 Å². The van der Waals surface area contributed by atoms with E-state index in [9.17, 15) is 19.2 Å². The number of amides is 4. The Balaban J connectivity index is 2.15. The maximum Gasteiger partial charge on any atom is 0.242 e. The number of nitrogens with one attached hydrogen (secondary N) is 2. The molecule has 1 fully saturated rings. The third-order valence-corrected chi connectivity index (χ3v) is 10.3. The van der Waals surface area contributed by atoms with Crippen LogP contribution in [-0.2, 0) is 35.1 Å². The lowest BCUT2D eigenvalue weighted by molar-refractivity contribution is -0.146. The maximum atomic E-state index is 14.0. The summed E-state index contributed by atoms with van der Waals surface area (Å²) < 4.78 is 11.9. The van der Waals surface area contributed by atoms with Gasteiger partial charge in [-0.3, -0.25) is 24.1 Å². The minimum absolute atomic E-state index is 0.0103. The van der Waals surface area contributed by atoms with Crippen LogP contribution in [-0.4, -0.2) is 130 Å². The fourth-order valence-corrected chi connectivity index (χ4v) is 7.32. The van der Waals surface area contributed by atoms with Crippen molar-refractivity contribution in [2.45, 2.75) is 103 Å². The molecule has 1 aromatic rings. The van der Waals surface area contributed by atoms with E-state index in [1.54, 1.807) is 26.2 Å². The van der Waals surface area contributed by atoms with Gasteiger partial charge >= 0.3 is 0 Å². The van der Waals surface area contributed by atoms with E-state index in [1.807, 2.05) is 82.8 Å². The van der Waals surface area contributed by atoms with Gasteiger partial charge in [-0.1, -0.05) is 53.2 Å². The average Bonchev–Trinajstić information content (AvgIpc) is 3.56. The molecule has 13 heteroatoms. The number of likely N-dealkylation sites (N-methyl/N-ethyl adjacent to an activating group) is 2. The molecule has 0 aromatic heterocycles. The molecule has 2 rings (SSSR count). The first-order valence-electron chi connectivity index (χ1n) is 18.0. The molecule has 4 amide bonds. The largest absolute Gasteiger partial charge is 0.399 e. The monoisotopic (exact) mass is 703 g/mol. The third-order valence-electron chi connectivity index (χ3n) is 10.3. The number of rotatable bonds is 20. The van der Waals surface area contributed by atoms with Gasteiger partial charge in [-0.05, 0) is 62.9 Å². The molecule has 1 aromatic carbocycles. The van der Waals surface area contributed by atoms with Crippen molar-refractivity contribution in [1.82, 2.24) is 25.3 Å². The van der Waals surface area contributed by atoms with E-state index in [4.69, 9.17) is 20.9 Å². The molecule has 1 aliphatic rings. The summed E-state index contributed by atoms with van der Waals surface area (Å²) in [5.41, 5.74) is 13.5. The number of likely N-dealkylation sites (tertiary alicyclic amines) is 1. The zero-order chi connectivity index (χ0) is 37.7. The van der Waals surface area contributed by atoms with E-state index in [2.05, 4.69) is 10.6 Å². The number of nitrogen functional groups attached to an aromatic ring is 1. The SMILES string of the molecule is CC[C@H](C)C([C@@H](CC(=O)N1CCC[C@H]1[C@H](OC)[C@@H](C)C(=O)N[C@H](CN)Cc1ccc(N)cc1)OC)N(C)C(=O)CNC(=O)C(C(C)C)N(C)C. The van der Waals surface area contributed by atoms with E-state index < -0.39 is 24.2 Å². The number of nitrogens with zero attached hydrogens (tertiary/aromatic N) is 3. The lowest BCUT2D eigenvalue weighted by Gasteiger charge is -2.39. The first-order chi connectivity index (χ1) is 23.6. The van der Waals surface area contributed by atoms with Crippen molar-refractivity contribution in [2.75, 3.05) is 60.7 Å². The van der Waals surface area contributed by atoms with Gasteiger partial charge < -0.3 is 41.4 Å². The van der Waals surface area contributed by atoms with Gasteiger partial charge in [0.05, 0.1) is 49.2 Å². The lowest BCUT2D eigenvalue weighted by atomic mass is 9.90. The van der Waals surface area contributed by atoms with Crippen molar-refractivity contribution in [3.8, 4) is 0 Å². The molecule has 1 aliphatic heterocycles. The maximum absolute atomic E-state index is 14.0. The fourth-order valence-electron chi connectivity index (χ4n) is 7.32. The van der Waals surface area contributed by atoms with Crippen LogP contribution >= 0.6 is 0 Å². The van der Waals surface area contributed by atoms with Crippen molar-refractivity contribution in [3.63, 3.8) is 0 Å². The summed E-state index contributed by atoms with van der Waals surface area (Å²) in [7, 11) is 8.52. The molecular weight excluding hydrogens is 638 g/mol. The predicted molar refractivity (Wildman–Crippen MR) is 197 cm³/mol. The average molecular weight is 704 g/mol. The van der Waals surface area contributed by atoms with Crippen LogP contribution in [0.15, 0.2) is 24.3 Å². The summed E-state index contributed by atoms with van der Waals surface area (Å²) >= 11 is 0. The standard InChI is InChI=1S/C37H65N7O6/c1-11-24(4)34(43(8)32(46)22-40-37(48)33(23(2)3)42(6)7)30(49-9)20-31(45)44-18-12-13-29(44)35(50-10)25(5)36(47)41-28(21-38)19-26-14-16-27(39)17-15-26/h14-17,23-25,28-30,33-35H,11-13,18-22,38-39H2,1-10H3,(H,40,48)(H,41,47)/t24-,25+,28-,29-,30+,33?,34?,35+/m0/s1. The van der Waals surface area contributed by atoms with Crippen molar-refractivity contribution < 1.29 is 28.7 Å². The van der Waals surface area contributed by atoms with Gasteiger partial charge in [0, 0.05) is 46.1 Å². The number of nitrogens with two attached hydrogens (primary N) is 2. The number of hydrogen-bond acceptors (Lipinski definition) is 9. The number of ether oxygens (including phenoxy) is 2. The number of hydrogen-bond donors (Lipinski definition) is 4. The van der Waals surface area contributed by atoms with Gasteiger partial charge in [0.15, 0.2) is 0 Å². The van der Waals surface area contributed by atoms with Crippen LogP contribution in [0.2, 0.25) is 0 Å². The number of benzene rings is 1. The number of methoxy groups -OCH3 is 2. The van der Waals surface area contributed by atoms with E-state index in [-0.39, 0.29) is 73.1 Å². The first-order valence-corrected chi connectivity index (χ1v) is 18.0. The summed E-state index contributed by atoms with van der Waals surface area (Å²) in [5.74, 6) is -1.24. The molecule has 1 saturated heterocycles. The van der Waals surface area contributed by atoms with Crippen LogP contribution in [0.4, 0.5) is 5.69 Å². The molecule has 284 valence electrons. The molecule has 6 N–H and O–H groups in total. The summed E-state index contributed by atoms with van der Waals surface area (Å²) in [6.45, 7) is 10.5. The number of carbonyl (C=O) groups excluding carboxylic acids is 4.